The van der Waals surface area contributed by atoms with Crippen LogP contribution in [0.1, 0.15) is 23.5 Å². The van der Waals surface area contributed by atoms with E-state index in [9.17, 15) is 9.50 Å². The lowest BCUT2D eigenvalue weighted by Gasteiger charge is -2.26. The highest BCUT2D eigenvalue weighted by Gasteiger charge is 2.42. The van der Waals surface area contributed by atoms with Crippen LogP contribution in [-0.2, 0) is 0 Å². The first-order valence-corrected chi connectivity index (χ1v) is 10.2. The molecule has 0 amide bonds. The maximum absolute atomic E-state index is 13.3. The summed E-state index contributed by atoms with van der Waals surface area (Å²) < 4.78 is 19.5. The van der Waals surface area contributed by atoms with Crippen LogP contribution in [0.2, 0.25) is 0 Å². The van der Waals surface area contributed by atoms with Gasteiger partial charge in [-0.1, -0.05) is 6.07 Å². The van der Waals surface area contributed by atoms with Crippen molar-refractivity contribution < 1.29 is 13.9 Å². The standard InChI is InChI=1S/C24H18FN3O2S/c25-16-6-4-15(5-7-16)20-12-13-21(30-20)23-22(19-3-1-2-14-26-19)27-24(31)28(23)17-8-10-18(29)11-9-17/h1-14,22-23,29H,(H,27,31)/t22-,23-/m0/s1. The highest BCUT2D eigenvalue weighted by molar-refractivity contribution is 7.80. The highest BCUT2D eigenvalue weighted by Crippen LogP contribution is 2.43. The van der Waals surface area contributed by atoms with Crippen molar-refractivity contribution in [3.05, 3.63) is 102 Å². The van der Waals surface area contributed by atoms with E-state index in [1.165, 1.54) is 12.1 Å². The molecule has 2 aromatic heterocycles. The predicted octanol–water partition coefficient (Wildman–Crippen LogP) is 5.36. The van der Waals surface area contributed by atoms with E-state index in [4.69, 9.17) is 16.6 Å². The Balaban J connectivity index is 1.59. The van der Waals surface area contributed by atoms with Crippen molar-refractivity contribution in [1.29, 1.82) is 0 Å². The first-order valence-electron chi connectivity index (χ1n) is 9.75. The van der Waals surface area contributed by atoms with E-state index in [-0.39, 0.29) is 23.7 Å². The second-order valence-corrected chi connectivity index (χ2v) is 7.61. The van der Waals surface area contributed by atoms with Gasteiger partial charge in [0.1, 0.15) is 29.1 Å². The van der Waals surface area contributed by atoms with Crippen molar-refractivity contribution in [3.8, 4) is 17.1 Å². The van der Waals surface area contributed by atoms with Crippen LogP contribution in [0.25, 0.3) is 11.3 Å². The van der Waals surface area contributed by atoms with Gasteiger partial charge in [0, 0.05) is 17.4 Å². The third-order valence-corrected chi connectivity index (χ3v) is 5.59. The van der Waals surface area contributed by atoms with E-state index < -0.39 is 0 Å². The largest absolute Gasteiger partial charge is 0.508 e. The van der Waals surface area contributed by atoms with Crippen LogP contribution in [0, 0.1) is 5.82 Å². The monoisotopic (exact) mass is 431 g/mol. The number of nitrogens with zero attached hydrogens (tertiary/aromatic N) is 2. The van der Waals surface area contributed by atoms with Crippen molar-refractivity contribution >= 4 is 23.0 Å². The molecular formula is C24H18FN3O2S. The fraction of sp³-hybridized carbons (Fsp3) is 0.0833. The summed E-state index contributed by atoms with van der Waals surface area (Å²) in [6.45, 7) is 0. The lowest BCUT2D eigenvalue weighted by atomic mass is 10.0. The van der Waals surface area contributed by atoms with E-state index in [0.717, 1.165) is 16.9 Å². The van der Waals surface area contributed by atoms with Gasteiger partial charge in [-0.3, -0.25) is 4.98 Å². The average Bonchev–Trinajstić information content (AvgIpc) is 3.40. The molecule has 1 saturated heterocycles. The quantitative estimate of drug-likeness (QED) is 0.424. The van der Waals surface area contributed by atoms with E-state index in [1.807, 2.05) is 35.2 Å². The van der Waals surface area contributed by atoms with E-state index >= 15 is 0 Å². The van der Waals surface area contributed by atoms with Crippen LogP contribution in [0.15, 0.2) is 89.5 Å². The molecule has 5 nitrogen and oxygen atoms in total. The minimum Gasteiger partial charge on any atom is -0.508 e. The molecular weight excluding hydrogens is 413 g/mol. The SMILES string of the molecule is Oc1ccc(N2C(=S)N[C@@H](c3ccccn3)[C@@H]2c2ccc(-c3ccc(F)cc3)o2)cc1. The smallest absolute Gasteiger partial charge is 0.174 e. The van der Waals surface area contributed by atoms with Gasteiger partial charge in [0.25, 0.3) is 0 Å². The summed E-state index contributed by atoms with van der Waals surface area (Å²) in [5.74, 6) is 1.21. The van der Waals surface area contributed by atoms with E-state index in [0.29, 0.717) is 16.6 Å². The minimum atomic E-state index is -0.304. The summed E-state index contributed by atoms with van der Waals surface area (Å²) in [5, 5.41) is 13.6. The molecule has 0 saturated carbocycles. The summed E-state index contributed by atoms with van der Waals surface area (Å²) in [6, 6.07) is 22.0. The van der Waals surface area contributed by atoms with Crippen molar-refractivity contribution in [2.24, 2.45) is 0 Å². The van der Waals surface area contributed by atoms with Gasteiger partial charge >= 0.3 is 0 Å². The second kappa shape index (κ2) is 7.85. The van der Waals surface area contributed by atoms with Crippen molar-refractivity contribution in [3.63, 3.8) is 0 Å². The number of nitrogens with one attached hydrogen (secondary N) is 1. The first kappa shape index (κ1) is 19.3. The lowest BCUT2D eigenvalue weighted by molar-refractivity contribution is 0.439. The number of hydrogen-bond donors (Lipinski definition) is 2. The summed E-state index contributed by atoms with van der Waals surface area (Å²) in [5.41, 5.74) is 2.43. The second-order valence-electron chi connectivity index (χ2n) is 7.22. The van der Waals surface area contributed by atoms with Crippen molar-refractivity contribution in [1.82, 2.24) is 10.3 Å². The normalized spacial score (nSPS) is 18.2. The zero-order valence-corrected chi connectivity index (χ0v) is 17.1. The Bertz CT molecular complexity index is 1210. The summed E-state index contributed by atoms with van der Waals surface area (Å²) in [4.78, 5) is 6.48. The molecule has 1 aliphatic heterocycles. The fourth-order valence-electron chi connectivity index (χ4n) is 3.82. The molecule has 0 unspecified atom stereocenters. The molecule has 2 aromatic carbocycles. The number of halogens is 1. The molecule has 1 aliphatic rings. The molecule has 0 radical (unpaired) electrons. The lowest BCUT2D eigenvalue weighted by Crippen LogP contribution is -2.29. The Morgan fingerprint density at radius 1 is 0.968 bits per heavy atom. The van der Waals surface area contributed by atoms with Gasteiger partial charge in [-0.05, 0) is 85.0 Å². The molecule has 7 heteroatoms. The van der Waals surface area contributed by atoms with Crippen molar-refractivity contribution in [2.45, 2.75) is 12.1 Å². The number of aromatic hydroxyl groups is 1. The highest BCUT2D eigenvalue weighted by atomic mass is 32.1. The molecule has 3 heterocycles. The van der Waals surface area contributed by atoms with Crippen LogP contribution in [0.4, 0.5) is 10.1 Å². The summed E-state index contributed by atoms with van der Waals surface area (Å²) in [6.07, 6.45) is 1.74. The Morgan fingerprint density at radius 2 is 1.74 bits per heavy atom. The fourth-order valence-corrected chi connectivity index (χ4v) is 4.16. The molecule has 4 aromatic rings. The van der Waals surface area contributed by atoms with Gasteiger partial charge in [-0.15, -0.1) is 0 Å². The van der Waals surface area contributed by atoms with Gasteiger partial charge in [-0.2, -0.15) is 0 Å². The Hall–Kier alpha value is -3.71. The third kappa shape index (κ3) is 3.64. The Morgan fingerprint density at radius 3 is 2.45 bits per heavy atom. The van der Waals surface area contributed by atoms with Crippen LogP contribution < -0.4 is 10.2 Å². The molecule has 2 N–H and O–H groups in total. The molecule has 0 aliphatic carbocycles. The van der Waals surface area contributed by atoms with Crippen LogP contribution in [0.5, 0.6) is 5.75 Å². The first-order chi connectivity index (χ1) is 15.1. The number of rotatable bonds is 4. The van der Waals surface area contributed by atoms with Gasteiger partial charge < -0.3 is 19.7 Å². The van der Waals surface area contributed by atoms with Gasteiger partial charge in [0.2, 0.25) is 0 Å². The number of benzene rings is 2. The summed E-state index contributed by atoms with van der Waals surface area (Å²) in [7, 11) is 0. The van der Waals surface area contributed by atoms with Crippen LogP contribution in [0.3, 0.4) is 0 Å². The number of pyridine rings is 1. The van der Waals surface area contributed by atoms with Crippen LogP contribution >= 0.6 is 12.2 Å². The third-order valence-electron chi connectivity index (χ3n) is 5.27. The number of phenols is 1. The zero-order valence-electron chi connectivity index (χ0n) is 16.3. The Labute approximate surface area is 183 Å². The topological polar surface area (TPSA) is 61.5 Å². The number of anilines is 1. The maximum atomic E-state index is 13.3. The maximum Gasteiger partial charge on any atom is 0.174 e. The van der Waals surface area contributed by atoms with E-state index in [2.05, 4.69) is 10.3 Å². The van der Waals surface area contributed by atoms with E-state index in [1.54, 1.807) is 42.6 Å². The number of aromatic nitrogens is 1. The zero-order chi connectivity index (χ0) is 21.4. The molecule has 154 valence electrons. The number of hydrogen-bond acceptors (Lipinski definition) is 4. The predicted molar refractivity (Wildman–Crippen MR) is 120 cm³/mol. The molecule has 31 heavy (non-hydrogen) atoms. The number of thiocarbonyl (C=S) groups is 1. The minimum absolute atomic E-state index is 0.177. The number of phenolic OH excluding ortho intramolecular Hbond substituents is 1. The molecule has 2 atom stereocenters. The average molecular weight is 431 g/mol. The molecule has 1 fully saturated rings. The molecule has 0 bridgehead atoms. The van der Waals surface area contributed by atoms with Gasteiger partial charge in [0.15, 0.2) is 5.11 Å². The van der Waals surface area contributed by atoms with Gasteiger partial charge in [0.05, 0.1) is 11.7 Å². The van der Waals surface area contributed by atoms with Crippen molar-refractivity contribution in [2.75, 3.05) is 4.90 Å². The van der Waals surface area contributed by atoms with Gasteiger partial charge in [-0.25, -0.2) is 4.39 Å². The molecule has 0 spiro atoms. The van der Waals surface area contributed by atoms with Crippen LogP contribution in [-0.4, -0.2) is 15.2 Å². The summed E-state index contributed by atoms with van der Waals surface area (Å²) >= 11 is 5.67. The molecule has 5 rings (SSSR count). The number of furan rings is 1. The Kier molecular flexibility index (Phi) is 4.88.